The van der Waals surface area contributed by atoms with Crippen molar-refractivity contribution in [2.24, 2.45) is 0 Å². The maximum atomic E-state index is 13.0. The first-order valence-corrected chi connectivity index (χ1v) is 8.14. The number of hydrogen-bond acceptors (Lipinski definition) is 3. The van der Waals surface area contributed by atoms with Gasteiger partial charge in [-0.15, -0.1) is 0 Å². The largest absolute Gasteiger partial charge is 0.492 e. The van der Waals surface area contributed by atoms with Crippen LogP contribution in [-0.2, 0) is 6.18 Å². The van der Waals surface area contributed by atoms with Gasteiger partial charge in [0.05, 0.1) is 23.6 Å². The number of amides is 1. The van der Waals surface area contributed by atoms with Crippen molar-refractivity contribution in [1.29, 1.82) is 0 Å². The van der Waals surface area contributed by atoms with E-state index in [1.807, 2.05) is 30.3 Å². The van der Waals surface area contributed by atoms with Crippen molar-refractivity contribution in [3.8, 4) is 17.0 Å². The zero-order chi connectivity index (χ0) is 19.4. The number of anilines is 1. The lowest BCUT2D eigenvalue weighted by Crippen LogP contribution is -2.15. The maximum absolute atomic E-state index is 13.0. The zero-order valence-electron chi connectivity index (χ0n) is 14.3. The molecule has 2 aromatic carbocycles. The molecule has 0 fully saturated rings. The number of halogens is 3. The van der Waals surface area contributed by atoms with Gasteiger partial charge in [-0.2, -0.15) is 18.3 Å². The molecule has 0 radical (unpaired) electrons. The van der Waals surface area contributed by atoms with Crippen LogP contribution in [0.3, 0.4) is 0 Å². The Labute approximate surface area is 153 Å². The lowest BCUT2D eigenvalue weighted by atomic mass is 10.1. The second-order valence-corrected chi connectivity index (χ2v) is 5.63. The molecule has 0 aliphatic carbocycles. The Bertz CT molecular complexity index is 937. The molecule has 5 nitrogen and oxygen atoms in total. The highest BCUT2D eigenvalue weighted by Gasteiger charge is 2.31. The van der Waals surface area contributed by atoms with Crippen LogP contribution in [0, 0.1) is 0 Å². The summed E-state index contributed by atoms with van der Waals surface area (Å²) in [6.45, 7) is 1.95. The van der Waals surface area contributed by atoms with E-state index in [0.29, 0.717) is 5.69 Å². The fraction of sp³-hybridized carbons (Fsp3) is 0.158. The minimum Gasteiger partial charge on any atom is -0.492 e. The first-order valence-electron chi connectivity index (χ1n) is 8.14. The Kier molecular flexibility index (Phi) is 5.16. The second-order valence-electron chi connectivity index (χ2n) is 5.63. The zero-order valence-corrected chi connectivity index (χ0v) is 14.3. The van der Waals surface area contributed by atoms with Crippen molar-refractivity contribution >= 4 is 11.6 Å². The number of ether oxygens (including phenoxy) is 1. The number of nitrogens with zero attached hydrogens (tertiary/aromatic N) is 1. The van der Waals surface area contributed by atoms with Crippen molar-refractivity contribution < 1.29 is 22.7 Å². The van der Waals surface area contributed by atoms with Crippen LogP contribution in [0.25, 0.3) is 11.3 Å². The van der Waals surface area contributed by atoms with E-state index in [1.54, 1.807) is 6.92 Å². The van der Waals surface area contributed by atoms with E-state index < -0.39 is 17.6 Å². The Hall–Kier alpha value is -3.29. The monoisotopic (exact) mass is 375 g/mol. The van der Waals surface area contributed by atoms with Gasteiger partial charge in [0.15, 0.2) is 0 Å². The molecule has 0 spiro atoms. The molecule has 0 saturated heterocycles. The quantitative estimate of drug-likeness (QED) is 0.676. The number of aromatic nitrogens is 2. The smallest absolute Gasteiger partial charge is 0.416 e. The Morgan fingerprint density at radius 1 is 1.15 bits per heavy atom. The summed E-state index contributed by atoms with van der Waals surface area (Å²) in [7, 11) is 0. The average Bonchev–Trinajstić information content (AvgIpc) is 3.13. The van der Waals surface area contributed by atoms with E-state index >= 15 is 0 Å². The van der Waals surface area contributed by atoms with Gasteiger partial charge in [-0.1, -0.05) is 30.3 Å². The van der Waals surface area contributed by atoms with Crippen molar-refractivity contribution in [3.63, 3.8) is 0 Å². The number of alkyl halides is 3. The van der Waals surface area contributed by atoms with Crippen LogP contribution in [-0.4, -0.2) is 22.7 Å². The first-order chi connectivity index (χ1) is 12.9. The number of H-pyrrole nitrogens is 1. The fourth-order valence-corrected chi connectivity index (χ4v) is 2.47. The van der Waals surface area contributed by atoms with Crippen LogP contribution < -0.4 is 10.1 Å². The molecule has 2 N–H and O–H groups in total. The van der Waals surface area contributed by atoms with Crippen LogP contribution in [0.15, 0.2) is 54.6 Å². The summed E-state index contributed by atoms with van der Waals surface area (Å²) >= 11 is 0. The van der Waals surface area contributed by atoms with Gasteiger partial charge >= 0.3 is 6.18 Å². The Morgan fingerprint density at radius 2 is 1.89 bits per heavy atom. The summed E-state index contributed by atoms with van der Waals surface area (Å²) in [5, 5.41) is 9.12. The van der Waals surface area contributed by atoms with Crippen LogP contribution in [0.5, 0.6) is 5.75 Å². The van der Waals surface area contributed by atoms with Gasteiger partial charge < -0.3 is 10.1 Å². The standard InChI is InChI=1S/C19H16F3N3O2/c1-2-27-17-9-8-13(19(20,21)22)10-15(17)23-18(26)16-11-14(24-25-16)12-6-4-3-5-7-12/h3-11H,2H2,1H3,(H,23,26)(H,24,25). The minimum absolute atomic E-state index is 0.0625. The third-order valence-electron chi connectivity index (χ3n) is 3.75. The predicted molar refractivity (Wildman–Crippen MR) is 94.6 cm³/mol. The molecule has 27 heavy (non-hydrogen) atoms. The molecule has 3 aromatic rings. The maximum Gasteiger partial charge on any atom is 0.416 e. The normalized spacial score (nSPS) is 11.3. The van der Waals surface area contributed by atoms with Gasteiger partial charge in [0.2, 0.25) is 0 Å². The summed E-state index contributed by atoms with van der Waals surface area (Å²) in [6.07, 6.45) is -4.53. The SMILES string of the molecule is CCOc1ccc(C(F)(F)F)cc1NC(=O)c1cc(-c2ccccc2)n[nH]1. The lowest BCUT2D eigenvalue weighted by molar-refractivity contribution is -0.137. The molecule has 3 rings (SSSR count). The van der Waals surface area contributed by atoms with E-state index in [-0.39, 0.29) is 23.7 Å². The number of aromatic amines is 1. The van der Waals surface area contributed by atoms with Crippen molar-refractivity contribution in [3.05, 3.63) is 65.9 Å². The highest BCUT2D eigenvalue weighted by atomic mass is 19.4. The van der Waals surface area contributed by atoms with Gasteiger partial charge in [-0.25, -0.2) is 0 Å². The molecule has 1 aromatic heterocycles. The van der Waals surface area contributed by atoms with Crippen LogP contribution in [0.4, 0.5) is 18.9 Å². The summed E-state index contributed by atoms with van der Waals surface area (Å²) in [5.41, 5.74) is 0.536. The molecule has 0 unspecified atom stereocenters. The van der Waals surface area contributed by atoms with Gasteiger partial charge in [0, 0.05) is 5.56 Å². The summed E-state index contributed by atoms with van der Waals surface area (Å²) in [6, 6.07) is 13.6. The van der Waals surface area contributed by atoms with E-state index in [0.717, 1.165) is 17.7 Å². The average molecular weight is 375 g/mol. The van der Waals surface area contributed by atoms with E-state index in [9.17, 15) is 18.0 Å². The Morgan fingerprint density at radius 3 is 2.56 bits per heavy atom. The minimum atomic E-state index is -4.53. The number of benzene rings is 2. The van der Waals surface area contributed by atoms with Crippen molar-refractivity contribution in [1.82, 2.24) is 10.2 Å². The predicted octanol–water partition coefficient (Wildman–Crippen LogP) is 4.75. The van der Waals surface area contributed by atoms with Crippen molar-refractivity contribution in [2.45, 2.75) is 13.1 Å². The van der Waals surface area contributed by atoms with Gasteiger partial charge in [-0.05, 0) is 31.2 Å². The molecule has 1 amide bonds. The van der Waals surface area contributed by atoms with Crippen LogP contribution in [0.1, 0.15) is 23.0 Å². The van der Waals surface area contributed by atoms with Gasteiger partial charge in [-0.3, -0.25) is 9.89 Å². The molecular formula is C19H16F3N3O2. The molecule has 0 aliphatic rings. The number of carbonyl (C=O) groups excluding carboxylic acids is 1. The molecule has 0 atom stereocenters. The third-order valence-corrected chi connectivity index (χ3v) is 3.75. The molecule has 1 heterocycles. The molecular weight excluding hydrogens is 359 g/mol. The molecule has 0 saturated carbocycles. The molecule has 0 aliphatic heterocycles. The molecule has 8 heteroatoms. The summed E-state index contributed by atoms with van der Waals surface area (Å²) in [4.78, 5) is 12.5. The Balaban J connectivity index is 1.86. The fourth-order valence-electron chi connectivity index (χ4n) is 2.47. The highest BCUT2D eigenvalue weighted by molar-refractivity contribution is 6.04. The van der Waals surface area contributed by atoms with E-state index in [4.69, 9.17) is 4.74 Å². The molecule has 0 bridgehead atoms. The topological polar surface area (TPSA) is 67.0 Å². The number of carbonyl (C=O) groups is 1. The highest BCUT2D eigenvalue weighted by Crippen LogP contribution is 2.35. The van der Waals surface area contributed by atoms with Crippen molar-refractivity contribution in [2.75, 3.05) is 11.9 Å². The van der Waals surface area contributed by atoms with Crippen LogP contribution in [0.2, 0.25) is 0 Å². The van der Waals surface area contributed by atoms with E-state index in [1.165, 1.54) is 12.1 Å². The van der Waals surface area contributed by atoms with Crippen LogP contribution >= 0.6 is 0 Å². The number of nitrogens with one attached hydrogen (secondary N) is 2. The first kappa shape index (κ1) is 18.5. The molecule has 140 valence electrons. The van der Waals surface area contributed by atoms with Gasteiger partial charge in [0.25, 0.3) is 5.91 Å². The number of hydrogen-bond donors (Lipinski definition) is 2. The summed E-state index contributed by atoms with van der Waals surface area (Å²) in [5.74, 6) is -0.466. The summed E-state index contributed by atoms with van der Waals surface area (Å²) < 4.78 is 44.2. The van der Waals surface area contributed by atoms with Gasteiger partial charge in [0.1, 0.15) is 11.4 Å². The second kappa shape index (κ2) is 7.53. The number of rotatable bonds is 5. The third kappa shape index (κ3) is 4.28. The lowest BCUT2D eigenvalue weighted by Gasteiger charge is -2.14. The van der Waals surface area contributed by atoms with E-state index in [2.05, 4.69) is 15.5 Å².